The van der Waals surface area contributed by atoms with Crippen LogP contribution < -0.4 is 0 Å². The minimum atomic E-state index is -1.07. The Morgan fingerprint density at radius 1 is 1.31 bits per heavy atom. The zero-order valence-electron chi connectivity index (χ0n) is 9.05. The molecule has 1 saturated carbocycles. The molecule has 86 valence electrons. The Hall–Kier alpha value is -1.45. The lowest BCUT2D eigenvalue weighted by Crippen LogP contribution is -2.25. The molecule has 1 N–H and O–H groups in total. The normalized spacial score (nSPS) is 26.5. The van der Waals surface area contributed by atoms with Gasteiger partial charge >= 0.3 is 5.97 Å². The van der Waals surface area contributed by atoms with E-state index in [0.717, 1.165) is 12.1 Å². The van der Waals surface area contributed by atoms with Crippen LogP contribution in [0.5, 0.6) is 0 Å². The van der Waals surface area contributed by atoms with E-state index >= 15 is 0 Å². The topological polar surface area (TPSA) is 37.3 Å². The van der Waals surface area contributed by atoms with E-state index in [1.54, 1.807) is 0 Å². The number of carboxylic acids is 1. The molecule has 4 heteroatoms. The highest BCUT2D eigenvalue weighted by Gasteiger charge is 2.67. The first kappa shape index (κ1) is 11.0. The van der Waals surface area contributed by atoms with E-state index in [0.29, 0.717) is 12.0 Å². The van der Waals surface area contributed by atoms with Crippen LogP contribution in [0.3, 0.4) is 0 Å². The van der Waals surface area contributed by atoms with Crippen molar-refractivity contribution in [3.05, 3.63) is 35.4 Å². The fraction of sp³-hybridized carbons (Fsp3) is 0.417. The summed E-state index contributed by atoms with van der Waals surface area (Å²) in [6.45, 7) is 3.62. The van der Waals surface area contributed by atoms with Gasteiger partial charge in [-0.1, -0.05) is 19.9 Å². The van der Waals surface area contributed by atoms with Gasteiger partial charge in [-0.3, -0.25) is 4.79 Å². The number of carbonyl (C=O) groups is 1. The predicted octanol–water partition coefficient (Wildman–Crippen LogP) is 2.72. The summed E-state index contributed by atoms with van der Waals surface area (Å²) in [4.78, 5) is 11.3. The Balaban J connectivity index is 2.51. The van der Waals surface area contributed by atoms with E-state index < -0.39 is 28.4 Å². The molecule has 0 aromatic heterocycles. The Morgan fingerprint density at radius 3 is 2.25 bits per heavy atom. The van der Waals surface area contributed by atoms with Gasteiger partial charge in [0, 0.05) is 0 Å². The van der Waals surface area contributed by atoms with Gasteiger partial charge in [-0.2, -0.15) is 0 Å². The van der Waals surface area contributed by atoms with Crippen molar-refractivity contribution >= 4 is 5.97 Å². The largest absolute Gasteiger partial charge is 0.481 e. The van der Waals surface area contributed by atoms with Crippen LogP contribution in [0, 0.1) is 17.0 Å². The minimum absolute atomic E-state index is 0.337. The summed E-state index contributed by atoms with van der Waals surface area (Å²) in [5.41, 5.74) is -1.14. The Kier molecular flexibility index (Phi) is 2.09. The average Bonchev–Trinajstić information content (AvgIpc) is 2.75. The molecule has 0 bridgehead atoms. The van der Waals surface area contributed by atoms with E-state index in [9.17, 15) is 18.7 Å². The first-order valence-electron chi connectivity index (χ1n) is 5.00. The highest BCUT2D eigenvalue weighted by atomic mass is 19.2. The Morgan fingerprint density at radius 2 is 1.88 bits per heavy atom. The standard InChI is InChI=1S/C12H12F2O2/c1-11(2)6-12(11,10(15)16)7-3-4-8(13)9(14)5-7/h3-5H,6H2,1-2H3,(H,15,16). The van der Waals surface area contributed by atoms with Crippen LogP contribution in [0.2, 0.25) is 0 Å². The minimum Gasteiger partial charge on any atom is -0.481 e. The number of halogens is 2. The van der Waals surface area contributed by atoms with Crippen molar-refractivity contribution in [3.63, 3.8) is 0 Å². The molecule has 2 rings (SSSR count). The Bertz CT molecular complexity index is 468. The van der Waals surface area contributed by atoms with Gasteiger partial charge in [0.25, 0.3) is 0 Å². The lowest BCUT2D eigenvalue weighted by molar-refractivity contribution is -0.141. The lowest BCUT2D eigenvalue weighted by Gasteiger charge is -2.16. The molecule has 1 aliphatic carbocycles. The maximum Gasteiger partial charge on any atom is 0.314 e. The zero-order chi connectivity index (χ0) is 12.1. The number of rotatable bonds is 2. The third-order valence-corrected chi connectivity index (χ3v) is 3.51. The second kappa shape index (κ2) is 3.03. The fourth-order valence-electron chi connectivity index (χ4n) is 2.36. The second-order valence-corrected chi connectivity index (χ2v) is 4.90. The van der Waals surface area contributed by atoms with Gasteiger partial charge in [0.2, 0.25) is 0 Å². The van der Waals surface area contributed by atoms with Gasteiger partial charge in [0.15, 0.2) is 11.6 Å². The quantitative estimate of drug-likeness (QED) is 0.841. The van der Waals surface area contributed by atoms with Crippen LogP contribution in [0.15, 0.2) is 18.2 Å². The summed E-state index contributed by atoms with van der Waals surface area (Å²) >= 11 is 0. The third kappa shape index (κ3) is 1.25. The molecule has 1 fully saturated rings. The van der Waals surface area contributed by atoms with E-state index in [2.05, 4.69) is 0 Å². The molecule has 0 heterocycles. The van der Waals surface area contributed by atoms with Crippen molar-refractivity contribution in [2.45, 2.75) is 25.7 Å². The maximum absolute atomic E-state index is 13.1. The van der Waals surface area contributed by atoms with E-state index in [1.807, 2.05) is 13.8 Å². The molecule has 0 saturated heterocycles. The van der Waals surface area contributed by atoms with Crippen molar-refractivity contribution < 1.29 is 18.7 Å². The fourth-order valence-corrected chi connectivity index (χ4v) is 2.36. The van der Waals surface area contributed by atoms with Crippen LogP contribution in [0.25, 0.3) is 0 Å². The summed E-state index contributed by atoms with van der Waals surface area (Å²) < 4.78 is 25.9. The molecule has 0 radical (unpaired) electrons. The van der Waals surface area contributed by atoms with Gasteiger partial charge in [0.05, 0.1) is 5.41 Å². The SMILES string of the molecule is CC1(C)CC1(C(=O)O)c1ccc(F)c(F)c1. The summed E-state index contributed by atoms with van der Waals surface area (Å²) in [7, 11) is 0. The van der Waals surface area contributed by atoms with E-state index in [-0.39, 0.29) is 0 Å². The van der Waals surface area contributed by atoms with Gasteiger partial charge in [0.1, 0.15) is 0 Å². The molecule has 0 spiro atoms. The molecule has 16 heavy (non-hydrogen) atoms. The van der Waals surface area contributed by atoms with Crippen molar-refractivity contribution in [1.82, 2.24) is 0 Å². The highest BCUT2D eigenvalue weighted by Crippen LogP contribution is 2.64. The van der Waals surface area contributed by atoms with Crippen molar-refractivity contribution in [1.29, 1.82) is 0 Å². The molecule has 1 aliphatic rings. The Labute approximate surface area is 91.9 Å². The summed E-state index contributed by atoms with van der Waals surface area (Å²) in [5.74, 6) is -2.94. The van der Waals surface area contributed by atoms with Crippen molar-refractivity contribution in [3.8, 4) is 0 Å². The van der Waals surface area contributed by atoms with Crippen LogP contribution in [-0.4, -0.2) is 11.1 Å². The smallest absolute Gasteiger partial charge is 0.314 e. The molecule has 0 aliphatic heterocycles. The molecule has 1 aromatic rings. The number of hydrogen-bond acceptors (Lipinski definition) is 1. The molecule has 2 nitrogen and oxygen atoms in total. The zero-order valence-corrected chi connectivity index (χ0v) is 9.05. The van der Waals surface area contributed by atoms with E-state index in [4.69, 9.17) is 0 Å². The van der Waals surface area contributed by atoms with E-state index in [1.165, 1.54) is 6.07 Å². The monoisotopic (exact) mass is 226 g/mol. The molecular weight excluding hydrogens is 214 g/mol. The van der Waals surface area contributed by atoms with Gasteiger partial charge in [-0.15, -0.1) is 0 Å². The number of carboxylic acid groups (broad SMARTS) is 1. The van der Waals surface area contributed by atoms with Gasteiger partial charge < -0.3 is 5.11 Å². The predicted molar refractivity (Wildman–Crippen MR) is 54.1 cm³/mol. The highest BCUT2D eigenvalue weighted by molar-refractivity contribution is 5.87. The van der Waals surface area contributed by atoms with Crippen molar-refractivity contribution in [2.75, 3.05) is 0 Å². The third-order valence-electron chi connectivity index (χ3n) is 3.51. The first-order valence-corrected chi connectivity index (χ1v) is 5.00. The molecule has 1 aromatic carbocycles. The second-order valence-electron chi connectivity index (χ2n) is 4.90. The number of benzene rings is 1. The summed E-state index contributed by atoms with van der Waals surface area (Å²) in [5, 5.41) is 9.24. The average molecular weight is 226 g/mol. The number of aliphatic carboxylic acids is 1. The van der Waals surface area contributed by atoms with Gasteiger partial charge in [-0.05, 0) is 29.5 Å². The van der Waals surface area contributed by atoms with Crippen LogP contribution in [0.4, 0.5) is 8.78 Å². The number of hydrogen-bond donors (Lipinski definition) is 1. The molecular formula is C12H12F2O2. The molecule has 1 unspecified atom stereocenters. The van der Waals surface area contributed by atoms with Crippen LogP contribution in [-0.2, 0) is 10.2 Å². The van der Waals surface area contributed by atoms with Gasteiger partial charge in [-0.25, -0.2) is 8.78 Å². The lowest BCUT2D eigenvalue weighted by atomic mass is 9.88. The first-order chi connectivity index (χ1) is 7.31. The summed E-state index contributed by atoms with van der Waals surface area (Å²) in [6, 6.07) is 3.31. The van der Waals surface area contributed by atoms with Crippen molar-refractivity contribution in [2.24, 2.45) is 5.41 Å². The molecule has 1 atom stereocenters. The maximum atomic E-state index is 13.1. The van der Waals surface area contributed by atoms with Crippen LogP contribution in [0.1, 0.15) is 25.8 Å². The van der Waals surface area contributed by atoms with Crippen LogP contribution >= 0.6 is 0 Å². The molecule has 0 amide bonds. The summed E-state index contributed by atoms with van der Waals surface area (Å²) in [6.07, 6.45) is 0.445.